The smallest absolute Gasteiger partial charge is 0.338 e. The van der Waals surface area contributed by atoms with Gasteiger partial charge in [-0.15, -0.1) is 11.3 Å². The summed E-state index contributed by atoms with van der Waals surface area (Å²) in [6, 6.07) is 9.02. The molecule has 4 nitrogen and oxygen atoms in total. The Bertz CT molecular complexity index is 788. The van der Waals surface area contributed by atoms with E-state index in [2.05, 4.69) is 0 Å². The van der Waals surface area contributed by atoms with Crippen LogP contribution in [0.1, 0.15) is 22.9 Å². The molecule has 0 unspecified atom stereocenters. The molecule has 0 radical (unpaired) electrons. The number of carbonyl (C=O) groups is 2. The number of ether oxygens (including phenoxy) is 1. The van der Waals surface area contributed by atoms with Crippen LogP contribution < -0.4 is 0 Å². The number of ketones is 1. The zero-order chi connectivity index (χ0) is 17.3. The van der Waals surface area contributed by atoms with E-state index in [1.807, 2.05) is 16.3 Å². The minimum absolute atomic E-state index is 0.291. The Balaban J connectivity index is 2.17. The van der Waals surface area contributed by atoms with Crippen molar-refractivity contribution in [3.63, 3.8) is 0 Å². The number of methoxy groups -OCH3 is 1. The summed E-state index contributed by atoms with van der Waals surface area (Å²) in [6.45, 7) is 2.52. The normalized spacial score (nSPS) is 17.0. The van der Waals surface area contributed by atoms with Gasteiger partial charge >= 0.3 is 5.97 Å². The van der Waals surface area contributed by atoms with Crippen molar-refractivity contribution in [2.45, 2.75) is 25.4 Å². The maximum absolute atomic E-state index is 12.8. The first-order valence-electron chi connectivity index (χ1n) is 7.66. The highest BCUT2D eigenvalue weighted by Crippen LogP contribution is 2.39. The van der Waals surface area contributed by atoms with Crippen molar-refractivity contribution >= 4 is 34.7 Å². The van der Waals surface area contributed by atoms with Crippen LogP contribution in [0.4, 0.5) is 0 Å². The van der Waals surface area contributed by atoms with Crippen LogP contribution in [0, 0.1) is 0 Å². The van der Waals surface area contributed by atoms with Crippen molar-refractivity contribution in [2.75, 3.05) is 13.7 Å². The molecule has 0 N–H and O–H groups in total. The highest BCUT2D eigenvalue weighted by Gasteiger charge is 2.53. The van der Waals surface area contributed by atoms with Gasteiger partial charge < -0.3 is 4.74 Å². The molecule has 0 saturated carbocycles. The molecule has 0 aliphatic carbocycles. The molecular weight excluding hydrogens is 346 g/mol. The lowest BCUT2D eigenvalue weighted by Crippen LogP contribution is -2.58. The van der Waals surface area contributed by atoms with E-state index in [0.29, 0.717) is 23.7 Å². The summed E-state index contributed by atoms with van der Waals surface area (Å²) in [5.41, 5.74) is 0.102. The topological polar surface area (TPSA) is 46.6 Å². The molecule has 1 aliphatic heterocycles. The largest absolute Gasteiger partial charge is 0.467 e. The minimum Gasteiger partial charge on any atom is -0.467 e. The predicted octanol–water partition coefficient (Wildman–Crippen LogP) is 3.42. The number of hydrogen-bond acceptors (Lipinski definition) is 5. The van der Waals surface area contributed by atoms with Crippen molar-refractivity contribution in [3.8, 4) is 0 Å². The van der Waals surface area contributed by atoms with Gasteiger partial charge in [-0.3, -0.25) is 9.69 Å². The monoisotopic (exact) mass is 363 g/mol. The highest BCUT2D eigenvalue weighted by molar-refractivity contribution is 7.10. The lowest BCUT2D eigenvalue weighted by atomic mass is 9.82. The van der Waals surface area contributed by atoms with Crippen molar-refractivity contribution in [1.82, 2.24) is 4.90 Å². The third-order valence-electron chi connectivity index (χ3n) is 4.54. The molecule has 0 fully saturated rings. The van der Waals surface area contributed by atoms with Gasteiger partial charge in [-0.05, 0) is 36.4 Å². The predicted molar refractivity (Wildman–Crippen MR) is 94.3 cm³/mol. The molecule has 2 aromatic rings. The van der Waals surface area contributed by atoms with Gasteiger partial charge in [0.1, 0.15) is 0 Å². The number of hydrogen-bond donors (Lipinski definition) is 0. The maximum Gasteiger partial charge on any atom is 0.338 e. The molecule has 0 spiro atoms. The number of rotatable bonds is 4. The molecule has 0 bridgehead atoms. The number of Topliss-reactive ketones (excluding diaryl/α,β-unsaturated/α-hetero) is 1. The van der Waals surface area contributed by atoms with Gasteiger partial charge in [-0.1, -0.05) is 29.8 Å². The molecule has 1 aliphatic rings. The third-order valence-corrected chi connectivity index (χ3v) is 5.89. The van der Waals surface area contributed by atoms with Crippen LogP contribution in [-0.2, 0) is 32.8 Å². The van der Waals surface area contributed by atoms with E-state index in [4.69, 9.17) is 16.3 Å². The molecule has 126 valence electrons. The summed E-state index contributed by atoms with van der Waals surface area (Å²) in [6.07, 6.45) is 0.795. The molecule has 0 amide bonds. The molecule has 1 atom stereocenters. The standard InChI is InChI=1S/C18H18ClNO3S/c1-12(21)18(17(22)23-2,14-5-3-4-6-15(14)19)20-9-7-16-13(11-20)8-10-24-16/h3-6,8,10H,7,9,11H2,1-2H3/t18-/m1/s1. The number of benzene rings is 1. The van der Waals surface area contributed by atoms with E-state index in [9.17, 15) is 9.59 Å². The Morgan fingerprint density at radius 1 is 1.29 bits per heavy atom. The van der Waals surface area contributed by atoms with Crippen LogP contribution in [-0.4, -0.2) is 30.3 Å². The quantitative estimate of drug-likeness (QED) is 0.617. The van der Waals surface area contributed by atoms with Gasteiger partial charge in [0.25, 0.3) is 0 Å². The summed E-state index contributed by atoms with van der Waals surface area (Å²) < 4.78 is 5.05. The molecule has 6 heteroatoms. The van der Waals surface area contributed by atoms with E-state index in [0.717, 1.165) is 12.0 Å². The Morgan fingerprint density at radius 3 is 2.71 bits per heavy atom. The van der Waals surface area contributed by atoms with Crippen LogP contribution in [0.15, 0.2) is 35.7 Å². The summed E-state index contributed by atoms with van der Waals surface area (Å²) in [5.74, 6) is -0.886. The SMILES string of the molecule is COC(=O)[C@@](C(C)=O)(c1ccccc1Cl)N1CCc2sccc2C1. The Labute approximate surface area is 150 Å². The minimum atomic E-state index is -1.52. The summed E-state index contributed by atoms with van der Waals surface area (Å²) in [7, 11) is 1.30. The average Bonchev–Trinajstić information content (AvgIpc) is 3.04. The molecule has 24 heavy (non-hydrogen) atoms. The first-order valence-corrected chi connectivity index (χ1v) is 8.92. The number of esters is 1. The molecular formula is C18H18ClNO3S. The second-order valence-electron chi connectivity index (χ2n) is 5.78. The van der Waals surface area contributed by atoms with E-state index in [1.165, 1.54) is 18.9 Å². The first kappa shape index (κ1) is 17.1. The second kappa shape index (κ2) is 6.67. The van der Waals surface area contributed by atoms with Crippen molar-refractivity contribution in [3.05, 3.63) is 56.7 Å². The van der Waals surface area contributed by atoms with Crippen molar-refractivity contribution in [1.29, 1.82) is 0 Å². The van der Waals surface area contributed by atoms with Crippen molar-refractivity contribution in [2.24, 2.45) is 0 Å². The van der Waals surface area contributed by atoms with Crippen molar-refractivity contribution < 1.29 is 14.3 Å². The first-order chi connectivity index (χ1) is 11.5. The zero-order valence-corrected chi connectivity index (χ0v) is 15.1. The van der Waals surface area contributed by atoms with Crippen LogP contribution in [0.3, 0.4) is 0 Å². The fraction of sp³-hybridized carbons (Fsp3) is 0.333. The van der Waals surface area contributed by atoms with E-state index >= 15 is 0 Å². The Morgan fingerprint density at radius 2 is 2.04 bits per heavy atom. The van der Waals surface area contributed by atoms with E-state index in [1.54, 1.807) is 35.6 Å². The lowest BCUT2D eigenvalue weighted by molar-refractivity contribution is -0.162. The summed E-state index contributed by atoms with van der Waals surface area (Å²) >= 11 is 8.07. The van der Waals surface area contributed by atoms with Crippen LogP contribution in [0.2, 0.25) is 5.02 Å². The Hall–Kier alpha value is -1.69. The van der Waals surface area contributed by atoms with Gasteiger partial charge in [0.2, 0.25) is 5.54 Å². The number of nitrogens with zero attached hydrogens (tertiary/aromatic N) is 1. The lowest BCUT2D eigenvalue weighted by Gasteiger charge is -2.42. The van der Waals surface area contributed by atoms with Gasteiger partial charge in [-0.25, -0.2) is 4.79 Å². The van der Waals surface area contributed by atoms with Crippen LogP contribution >= 0.6 is 22.9 Å². The molecule has 2 heterocycles. The number of thiophene rings is 1. The number of fused-ring (bicyclic) bond motifs is 1. The number of halogens is 1. The third kappa shape index (κ3) is 2.57. The highest BCUT2D eigenvalue weighted by atomic mass is 35.5. The fourth-order valence-electron chi connectivity index (χ4n) is 3.40. The number of carbonyl (C=O) groups excluding carboxylic acids is 2. The zero-order valence-electron chi connectivity index (χ0n) is 13.5. The fourth-order valence-corrected chi connectivity index (χ4v) is 4.56. The summed E-state index contributed by atoms with van der Waals surface area (Å²) in [5, 5.41) is 2.42. The van der Waals surface area contributed by atoms with E-state index in [-0.39, 0.29) is 5.78 Å². The second-order valence-corrected chi connectivity index (χ2v) is 7.19. The van der Waals surface area contributed by atoms with Crippen LogP contribution in [0.25, 0.3) is 0 Å². The molecule has 1 aromatic heterocycles. The van der Waals surface area contributed by atoms with Gasteiger partial charge in [-0.2, -0.15) is 0 Å². The van der Waals surface area contributed by atoms with Gasteiger partial charge in [0.05, 0.1) is 7.11 Å². The molecule has 1 aromatic carbocycles. The van der Waals surface area contributed by atoms with Crippen LogP contribution in [0.5, 0.6) is 0 Å². The van der Waals surface area contributed by atoms with E-state index < -0.39 is 11.5 Å². The van der Waals surface area contributed by atoms with Gasteiger partial charge in [0, 0.05) is 28.6 Å². The molecule has 3 rings (SSSR count). The Kier molecular flexibility index (Phi) is 4.76. The average molecular weight is 364 g/mol. The summed E-state index contributed by atoms with van der Waals surface area (Å²) in [4.78, 5) is 28.8. The van der Waals surface area contributed by atoms with Gasteiger partial charge in [0.15, 0.2) is 5.78 Å². The molecule has 0 saturated heterocycles. The maximum atomic E-state index is 12.8.